The molecule has 1 unspecified atom stereocenters. The summed E-state index contributed by atoms with van der Waals surface area (Å²) < 4.78 is 25.1. The minimum Gasteiger partial charge on any atom is -0.311 e. The van der Waals surface area contributed by atoms with Crippen molar-refractivity contribution in [3.63, 3.8) is 0 Å². The predicted molar refractivity (Wildman–Crippen MR) is 74.0 cm³/mol. The highest BCUT2D eigenvalue weighted by molar-refractivity contribution is 7.89. The van der Waals surface area contributed by atoms with Crippen LogP contribution in [0.1, 0.15) is 46.0 Å². The maximum Gasteiger partial charge on any atom is 0.213 e. The molecule has 106 valence electrons. The van der Waals surface area contributed by atoms with E-state index in [0.717, 1.165) is 18.8 Å². The molecule has 18 heavy (non-hydrogen) atoms. The van der Waals surface area contributed by atoms with Crippen molar-refractivity contribution in [2.24, 2.45) is 5.92 Å². The van der Waals surface area contributed by atoms with Gasteiger partial charge < -0.3 is 5.32 Å². The third-order valence-corrected chi connectivity index (χ3v) is 6.00. The van der Waals surface area contributed by atoms with E-state index in [1.165, 1.54) is 19.3 Å². The largest absolute Gasteiger partial charge is 0.311 e. The molecule has 2 rings (SSSR count). The summed E-state index contributed by atoms with van der Waals surface area (Å²) in [5, 5.41) is 3.66. The van der Waals surface area contributed by atoms with Crippen LogP contribution < -0.4 is 5.32 Å². The van der Waals surface area contributed by atoms with Gasteiger partial charge in [0.15, 0.2) is 0 Å². The fraction of sp³-hybridized carbons (Fsp3) is 1.00. The van der Waals surface area contributed by atoms with Crippen molar-refractivity contribution in [2.45, 2.75) is 58.0 Å². The number of hydrogen-bond acceptors (Lipinski definition) is 3. The maximum absolute atomic E-state index is 11.7. The van der Waals surface area contributed by atoms with Gasteiger partial charge in [-0.2, -0.15) is 0 Å². The Morgan fingerprint density at radius 1 is 1.22 bits per heavy atom. The molecule has 1 N–H and O–H groups in total. The Bertz CT molecular complexity index is 357. The average molecular weight is 274 g/mol. The van der Waals surface area contributed by atoms with E-state index >= 15 is 0 Å². The van der Waals surface area contributed by atoms with E-state index < -0.39 is 10.0 Å². The van der Waals surface area contributed by atoms with E-state index in [-0.39, 0.29) is 5.75 Å². The second-order valence-corrected chi connectivity index (χ2v) is 8.08. The van der Waals surface area contributed by atoms with Crippen molar-refractivity contribution < 1.29 is 8.42 Å². The van der Waals surface area contributed by atoms with Crippen LogP contribution in [0, 0.1) is 5.92 Å². The Labute approximate surface area is 111 Å². The molecule has 0 bridgehead atoms. The predicted octanol–water partition coefficient (Wildman–Crippen LogP) is 1.58. The number of piperidine rings is 1. The van der Waals surface area contributed by atoms with E-state index in [0.29, 0.717) is 25.2 Å². The molecule has 2 aliphatic rings. The van der Waals surface area contributed by atoms with Gasteiger partial charge in [-0.25, -0.2) is 12.7 Å². The summed E-state index contributed by atoms with van der Waals surface area (Å²) in [6, 6.07) is 1.08. The van der Waals surface area contributed by atoms with Crippen LogP contribution in [0.5, 0.6) is 0 Å². The lowest BCUT2D eigenvalue weighted by Gasteiger charge is -2.33. The maximum atomic E-state index is 11.7. The summed E-state index contributed by atoms with van der Waals surface area (Å²) in [5.74, 6) is 1.18. The molecule has 0 aromatic rings. The summed E-state index contributed by atoms with van der Waals surface area (Å²) in [7, 11) is -2.98. The summed E-state index contributed by atoms with van der Waals surface area (Å²) in [6.45, 7) is 5.35. The van der Waals surface area contributed by atoms with Crippen molar-refractivity contribution in [1.82, 2.24) is 9.62 Å². The lowest BCUT2D eigenvalue weighted by Crippen LogP contribution is -2.47. The zero-order valence-electron chi connectivity index (χ0n) is 11.6. The van der Waals surface area contributed by atoms with Gasteiger partial charge in [0.1, 0.15) is 0 Å². The Balaban J connectivity index is 1.72. The standard InChI is InChI=1S/C13H26N2O2S/c1-3-18(16,17)15-8-6-13(7-9-15)14-11(2)10-12-4-5-12/h11-14H,3-10H2,1-2H3. The first-order chi connectivity index (χ1) is 8.51. The molecule has 2 fully saturated rings. The van der Waals surface area contributed by atoms with Crippen molar-refractivity contribution in [1.29, 1.82) is 0 Å². The quantitative estimate of drug-likeness (QED) is 0.800. The fourth-order valence-electron chi connectivity index (χ4n) is 2.81. The number of rotatable bonds is 6. The molecule has 0 amide bonds. The molecule has 0 radical (unpaired) electrons. The van der Waals surface area contributed by atoms with Crippen LogP contribution in [-0.2, 0) is 10.0 Å². The van der Waals surface area contributed by atoms with Crippen LogP contribution in [0.3, 0.4) is 0 Å². The molecule has 1 saturated heterocycles. The lowest BCUT2D eigenvalue weighted by atomic mass is 10.0. The molecule has 1 aliphatic carbocycles. The molecular weight excluding hydrogens is 248 g/mol. The first-order valence-corrected chi connectivity index (χ1v) is 8.86. The smallest absolute Gasteiger partial charge is 0.213 e. The topological polar surface area (TPSA) is 49.4 Å². The van der Waals surface area contributed by atoms with Gasteiger partial charge in [0, 0.05) is 25.2 Å². The van der Waals surface area contributed by atoms with Crippen molar-refractivity contribution >= 4 is 10.0 Å². The van der Waals surface area contributed by atoms with Crippen LogP contribution >= 0.6 is 0 Å². The summed E-state index contributed by atoms with van der Waals surface area (Å²) >= 11 is 0. The van der Waals surface area contributed by atoms with Gasteiger partial charge in [-0.3, -0.25) is 0 Å². The Hall–Kier alpha value is -0.130. The second-order valence-electron chi connectivity index (χ2n) is 5.82. The minimum atomic E-state index is -2.98. The molecule has 5 heteroatoms. The van der Waals surface area contributed by atoms with Gasteiger partial charge in [0.2, 0.25) is 10.0 Å². The monoisotopic (exact) mass is 274 g/mol. The molecule has 4 nitrogen and oxygen atoms in total. The number of sulfonamides is 1. The Morgan fingerprint density at radius 3 is 2.33 bits per heavy atom. The highest BCUT2D eigenvalue weighted by atomic mass is 32.2. The SMILES string of the molecule is CCS(=O)(=O)N1CCC(NC(C)CC2CC2)CC1. The zero-order valence-corrected chi connectivity index (χ0v) is 12.4. The Kier molecular flexibility index (Phi) is 4.67. The van der Waals surface area contributed by atoms with Crippen LogP contribution in [0.25, 0.3) is 0 Å². The van der Waals surface area contributed by atoms with E-state index in [2.05, 4.69) is 12.2 Å². The molecule has 1 saturated carbocycles. The van der Waals surface area contributed by atoms with Crippen LogP contribution in [0.15, 0.2) is 0 Å². The van der Waals surface area contributed by atoms with E-state index in [4.69, 9.17) is 0 Å². The highest BCUT2D eigenvalue weighted by Crippen LogP contribution is 2.33. The summed E-state index contributed by atoms with van der Waals surface area (Å²) in [5.41, 5.74) is 0. The lowest BCUT2D eigenvalue weighted by molar-refractivity contribution is 0.271. The number of hydrogen-bond donors (Lipinski definition) is 1. The first-order valence-electron chi connectivity index (χ1n) is 7.25. The normalized spacial score (nSPS) is 25.2. The average Bonchev–Trinajstić information content (AvgIpc) is 3.13. The highest BCUT2D eigenvalue weighted by Gasteiger charge is 2.28. The number of nitrogens with zero attached hydrogens (tertiary/aromatic N) is 1. The molecule has 1 aliphatic heterocycles. The fourth-order valence-corrected chi connectivity index (χ4v) is 3.94. The van der Waals surface area contributed by atoms with Crippen molar-refractivity contribution in [2.75, 3.05) is 18.8 Å². The van der Waals surface area contributed by atoms with E-state index in [1.807, 2.05) is 0 Å². The third-order valence-electron chi connectivity index (χ3n) is 4.12. The van der Waals surface area contributed by atoms with Gasteiger partial charge in [0.25, 0.3) is 0 Å². The second kappa shape index (κ2) is 5.88. The van der Waals surface area contributed by atoms with Gasteiger partial charge >= 0.3 is 0 Å². The first kappa shape index (κ1) is 14.3. The van der Waals surface area contributed by atoms with Gasteiger partial charge in [0.05, 0.1) is 5.75 Å². The molecule has 0 aromatic carbocycles. The van der Waals surface area contributed by atoms with E-state index in [9.17, 15) is 8.42 Å². The van der Waals surface area contributed by atoms with Crippen LogP contribution in [-0.4, -0.2) is 43.6 Å². The van der Waals surface area contributed by atoms with Crippen molar-refractivity contribution in [3.05, 3.63) is 0 Å². The molecular formula is C13H26N2O2S. The molecule has 1 heterocycles. The van der Waals surface area contributed by atoms with Crippen LogP contribution in [0.4, 0.5) is 0 Å². The van der Waals surface area contributed by atoms with Gasteiger partial charge in [-0.1, -0.05) is 12.8 Å². The third kappa shape index (κ3) is 3.93. The van der Waals surface area contributed by atoms with Crippen LogP contribution in [0.2, 0.25) is 0 Å². The van der Waals surface area contributed by atoms with Crippen molar-refractivity contribution in [3.8, 4) is 0 Å². The molecule has 1 atom stereocenters. The van der Waals surface area contributed by atoms with E-state index in [1.54, 1.807) is 11.2 Å². The Morgan fingerprint density at radius 2 is 1.83 bits per heavy atom. The molecule has 0 spiro atoms. The zero-order chi connectivity index (χ0) is 13.2. The summed E-state index contributed by atoms with van der Waals surface area (Å²) in [4.78, 5) is 0. The van der Waals surface area contributed by atoms with Gasteiger partial charge in [-0.05, 0) is 39.0 Å². The molecule has 0 aromatic heterocycles. The summed E-state index contributed by atoms with van der Waals surface area (Å²) in [6.07, 6.45) is 5.99. The van der Waals surface area contributed by atoms with Gasteiger partial charge in [-0.15, -0.1) is 0 Å². The minimum absolute atomic E-state index is 0.225. The number of nitrogens with one attached hydrogen (secondary N) is 1.